The number of rotatable bonds is 6. The molecule has 1 aliphatic carbocycles. The standard InChI is InChI=1S/C22H27FN4OS.HI/c1-2-24-21(26-15-22(8-9-22)17-4-3-5-18(23)12-17)25-13-20(28)27-10-6-19-16(14-27)7-11-29-19;/h3-5,7,11-12H,2,6,8-10,13-15H2,1H3,(H2,24,25,26);1H. The highest BCUT2D eigenvalue weighted by atomic mass is 127. The summed E-state index contributed by atoms with van der Waals surface area (Å²) in [7, 11) is 0. The molecule has 1 amide bonds. The number of carbonyl (C=O) groups excluding carboxylic acids is 1. The number of thiophene rings is 1. The van der Waals surface area contributed by atoms with E-state index < -0.39 is 0 Å². The zero-order valence-electron chi connectivity index (χ0n) is 17.1. The molecular weight excluding hydrogens is 514 g/mol. The minimum Gasteiger partial charge on any atom is -0.357 e. The van der Waals surface area contributed by atoms with Crippen LogP contribution < -0.4 is 10.6 Å². The second-order valence-electron chi connectivity index (χ2n) is 7.77. The zero-order valence-corrected chi connectivity index (χ0v) is 20.3. The van der Waals surface area contributed by atoms with Crippen molar-refractivity contribution in [1.82, 2.24) is 15.5 Å². The third-order valence-electron chi connectivity index (χ3n) is 5.76. The maximum Gasteiger partial charge on any atom is 0.244 e. The molecule has 5 nitrogen and oxygen atoms in total. The molecule has 2 heterocycles. The quantitative estimate of drug-likeness (QED) is 0.333. The summed E-state index contributed by atoms with van der Waals surface area (Å²) in [6, 6.07) is 8.96. The van der Waals surface area contributed by atoms with Crippen molar-refractivity contribution in [2.45, 2.75) is 38.1 Å². The topological polar surface area (TPSA) is 56.7 Å². The maximum atomic E-state index is 13.6. The molecule has 162 valence electrons. The second-order valence-corrected chi connectivity index (χ2v) is 8.77. The van der Waals surface area contributed by atoms with Crippen molar-refractivity contribution < 1.29 is 9.18 Å². The van der Waals surface area contributed by atoms with Gasteiger partial charge in [-0.25, -0.2) is 9.38 Å². The van der Waals surface area contributed by atoms with Gasteiger partial charge in [-0.2, -0.15) is 0 Å². The third-order valence-corrected chi connectivity index (χ3v) is 6.78. The van der Waals surface area contributed by atoms with Gasteiger partial charge in [0, 0.05) is 36.5 Å². The average molecular weight is 542 g/mol. The fourth-order valence-electron chi connectivity index (χ4n) is 3.84. The van der Waals surface area contributed by atoms with Crippen molar-refractivity contribution in [3.8, 4) is 0 Å². The fraction of sp³-hybridized carbons (Fsp3) is 0.455. The summed E-state index contributed by atoms with van der Waals surface area (Å²) in [6.45, 7) is 4.96. The Balaban J connectivity index is 0.00000256. The van der Waals surface area contributed by atoms with Gasteiger partial charge in [-0.3, -0.25) is 4.79 Å². The Bertz CT molecular complexity index is 912. The van der Waals surface area contributed by atoms with Crippen LogP contribution in [0.25, 0.3) is 0 Å². The first-order chi connectivity index (χ1) is 14.1. The molecule has 1 saturated carbocycles. The predicted molar refractivity (Wildman–Crippen MR) is 130 cm³/mol. The molecular formula is C22H28FIN4OS. The highest BCUT2D eigenvalue weighted by molar-refractivity contribution is 14.0. The van der Waals surface area contributed by atoms with Crippen LogP contribution in [0, 0.1) is 5.82 Å². The van der Waals surface area contributed by atoms with Crippen molar-refractivity contribution in [2.24, 2.45) is 4.99 Å². The Morgan fingerprint density at radius 3 is 2.87 bits per heavy atom. The van der Waals surface area contributed by atoms with Crippen LogP contribution in [0.5, 0.6) is 0 Å². The summed E-state index contributed by atoms with van der Waals surface area (Å²) < 4.78 is 13.6. The Kier molecular flexibility index (Phi) is 7.73. The van der Waals surface area contributed by atoms with E-state index in [-0.39, 0.29) is 47.7 Å². The highest BCUT2D eigenvalue weighted by Gasteiger charge is 2.44. The number of benzene rings is 1. The molecule has 4 rings (SSSR count). The second kappa shape index (κ2) is 10.1. The summed E-state index contributed by atoms with van der Waals surface area (Å²) in [5.41, 5.74) is 2.25. The van der Waals surface area contributed by atoms with Crippen molar-refractivity contribution >= 4 is 47.2 Å². The Morgan fingerprint density at radius 2 is 2.13 bits per heavy atom. The number of guanidine groups is 1. The predicted octanol–water partition coefficient (Wildman–Crippen LogP) is 3.68. The van der Waals surface area contributed by atoms with E-state index in [9.17, 15) is 9.18 Å². The minimum absolute atomic E-state index is 0. The van der Waals surface area contributed by atoms with Crippen LogP contribution in [-0.2, 0) is 23.2 Å². The normalized spacial score (nSPS) is 17.0. The van der Waals surface area contributed by atoms with Crippen molar-refractivity contribution in [3.05, 3.63) is 57.5 Å². The number of nitrogens with zero attached hydrogens (tertiary/aromatic N) is 2. The molecule has 0 bridgehead atoms. The van der Waals surface area contributed by atoms with Crippen LogP contribution in [0.4, 0.5) is 4.39 Å². The Morgan fingerprint density at radius 1 is 1.30 bits per heavy atom. The lowest BCUT2D eigenvalue weighted by molar-refractivity contribution is -0.130. The number of hydrogen-bond donors (Lipinski definition) is 2. The highest BCUT2D eigenvalue weighted by Crippen LogP contribution is 2.47. The van der Waals surface area contributed by atoms with Gasteiger partial charge >= 0.3 is 0 Å². The van der Waals surface area contributed by atoms with E-state index in [1.807, 2.05) is 17.9 Å². The van der Waals surface area contributed by atoms with E-state index in [4.69, 9.17) is 0 Å². The van der Waals surface area contributed by atoms with Crippen LogP contribution in [-0.4, -0.2) is 42.9 Å². The molecule has 0 atom stereocenters. The van der Waals surface area contributed by atoms with E-state index in [1.165, 1.54) is 16.5 Å². The number of hydrogen-bond acceptors (Lipinski definition) is 3. The van der Waals surface area contributed by atoms with Crippen LogP contribution in [0.2, 0.25) is 0 Å². The summed E-state index contributed by atoms with van der Waals surface area (Å²) in [5, 5.41) is 8.66. The van der Waals surface area contributed by atoms with Gasteiger partial charge in [0.15, 0.2) is 5.96 Å². The number of halogens is 2. The molecule has 1 fully saturated rings. The zero-order chi connectivity index (χ0) is 20.3. The molecule has 0 unspecified atom stereocenters. The van der Waals surface area contributed by atoms with Gasteiger partial charge in [-0.15, -0.1) is 35.3 Å². The van der Waals surface area contributed by atoms with E-state index in [0.29, 0.717) is 19.0 Å². The molecule has 0 spiro atoms. The Labute approximate surface area is 198 Å². The summed E-state index contributed by atoms with van der Waals surface area (Å²) in [4.78, 5) is 20.4. The summed E-state index contributed by atoms with van der Waals surface area (Å²) in [6.07, 6.45) is 2.98. The molecule has 1 aromatic carbocycles. The first-order valence-corrected chi connectivity index (χ1v) is 11.1. The van der Waals surface area contributed by atoms with E-state index in [1.54, 1.807) is 23.5 Å². The first-order valence-electron chi connectivity index (χ1n) is 10.2. The Hall–Kier alpha value is -1.68. The van der Waals surface area contributed by atoms with Crippen molar-refractivity contribution in [2.75, 3.05) is 26.2 Å². The largest absolute Gasteiger partial charge is 0.357 e. The molecule has 2 aliphatic rings. The number of amides is 1. The van der Waals surface area contributed by atoms with E-state index >= 15 is 0 Å². The molecule has 1 aromatic heterocycles. The molecule has 2 N–H and O–H groups in total. The van der Waals surface area contributed by atoms with Crippen LogP contribution >= 0.6 is 35.3 Å². The van der Waals surface area contributed by atoms with Gasteiger partial charge in [-0.05, 0) is 60.9 Å². The van der Waals surface area contributed by atoms with Gasteiger partial charge in [0.05, 0.1) is 0 Å². The van der Waals surface area contributed by atoms with Crippen LogP contribution in [0.15, 0.2) is 40.7 Å². The van der Waals surface area contributed by atoms with Gasteiger partial charge in [-0.1, -0.05) is 12.1 Å². The van der Waals surface area contributed by atoms with Gasteiger partial charge < -0.3 is 15.5 Å². The van der Waals surface area contributed by atoms with Gasteiger partial charge in [0.2, 0.25) is 5.91 Å². The summed E-state index contributed by atoms with van der Waals surface area (Å²) in [5.74, 6) is 0.484. The smallest absolute Gasteiger partial charge is 0.244 e. The lowest BCUT2D eigenvalue weighted by atomic mass is 9.96. The third kappa shape index (κ3) is 5.32. The van der Waals surface area contributed by atoms with Gasteiger partial charge in [0.1, 0.15) is 12.4 Å². The lowest BCUT2D eigenvalue weighted by Gasteiger charge is -2.26. The van der Waals surface area contributed by atoms with Crippen LogP contribution in [0.3, 0.4) is 0 Å². The average Bonchev–Trinajstić information content (AvgIpc) is 3.38. The van der Waals surface area contributed by atoms with Crippen molar-refractivity contribution in [3.63, 3.8) is 0 Å². The summed E-state index contributed by atoms with van der Waals surface area (Å²) >= 11 is 1.77. The van der Waals surface area contributed by atoms with Crippen LogP contribution in [0.1, 0.15) is 35.8 Å². The van der Waals surface area contributed by atoms with E-state index in [0.717, 1.165) is 37.9 Å². The molecule has 1 aliphatic heterocycles. The van der Waals surface area contributed by atoms with E-state index in [2.05, 4.69) is 27.1 Å². The lowest BCUT2D eigenvalue weighted by Crippen LogP contribution is -2.42. The SMILES string of the molecule is CCNC(=NCC(=O)N1CCc2sccc2C1)NCC1(c2cccc(F)c2)CC1.I. The molecule has 30 heavy (non-hydrogen) atoms. The number of aliphatic imine (C=N–C) groups is 1. The minimum atomic E-state index is -0.199. The molecule has 8 heteroatoms. The molecule has 2 aromatic rings. The number of fused-ring (bicyclic) bond motifs is 1. The fourth-order valence-corrected chi connectivity index (χ4v) is 4.73. The number of nitrogens with one attached hydrogen (secondary N) is 2. The molecule has 0 radical (unpaired) electrons. The van der Waals surface area contributed by atoms with Crippen molar-refractivity contribution in [1.29, 1.82) is 0 Å². The monoisotopic (exact) mass is 542 g/mol. The first kappa shape index (κ1) is 23.0. The van der Waals surface area contributed by atoms with Gasteiger partial charge in [0.25, 0.3) is 0 Å². The number of carbonyl (C=O) groups is 1. The molecule has 0 saturated heterocycles. The maximum absolute atomic E-state index is 13.6.